The van der Waals surface area contributed by atoms with Gasteiger partial charge in [0.1, 0.15) is 0 Å². The van der Waals surface area contributed by atoms with Crippen molar-refractivity contribution in [3.63, 3.8) is 0 Å². The van der Waals surface area contributed by atoms with E-state index >= 15 is 0 Å². The summed E-state index contributed by atoms with van der Waals surface area (Å²) in [7, 11) is 0. The molecule has 89 heavy (non-hydrogen) atoms. The van der Waals surface area contributed by atoms with Gasteiger partial charge in [-0.15, -0.1) is 0 Å². The van der Waals surface area contributed by atoms with E-state index in [4.69, 9.17) is 0 Å². The second kappa shape index (κ2) is 35.0. The van der Waals surface area contributed by atoms with Crippen LogP contribution in [-0.4, -0.2) is 0 Å². The molecular weight excluding hydrogens is 1070 g/mol. The Balaban J connectivity index is 0.000000196. The maximum atomic E-state index is 2.34. The van der Waals surface area contributed by atoms with Gasteiger partial charge in [0.25, 0.3) is 0 Å². The Morgan fingerprint density at radius 1 is 0.169 bits per heavy atom. The summed E-state index contributed by atoms with van der Waals surface area (Å²) >= 11 is 0. The fourth-order valence-corrected chi connectivity index (χ4v) is 13.2. The quantitative estimate of drug-likeness (QED) is 0.142. The summed E-state index contributed by atoms with van der Waals surface area (Å²) in [6.45, 7) is 48.9. The molecule has 0 saturated heterocycles. The smallest absolute Gasteiger partial charge is 0.00147 e. The highest BCUT2D eigenvalue weighted by molar-refractivity contribution is 5.88. The molecule has 0 heterocycles. The van der Waals surface area contributed by atoms with Crippen molar-refractivity contribution in [2.75, 3.05) is 0 Å². The third kappa shape index (κ3) is 17.2. The average molecular weight is 1180 g/mol. The van der Waals surface area contributed by atoms with Gasteiger partial charge in [0.05, 0.1) is 0 Å². The van der Waals surface area contributed by atoms with Crippen LogP contribution in [-0.2, 0) is 51.4 Å². The third-order valence-electron chi connectivity index (χ3n) is 18.5. The summed E-state index contributed by atoms with van der Waals surface area (Å²) in [4.78, 5) is 0. The average Bonchev–Trinajstić information content (AvgIpc) is 2.33. The lowest BCUT2D eigenvalue weighted by Gasteiger charge is -2.24. The Labute approximate surface area is 543 Å². The van der Waals surface area contributed by atoms with E-state index in [2.05, 4.69) is 254 Å². The fourth-order valence-electron chi connectivity index (χ4n) is 13.2. The SMILES string of the molecule is CC.CC.CC.CC.CC.Cc1cc(C)c2c(c1C)Cc1ccccc1C2.Cc1ccc(C)c2c1Cc1ccccc1C2.Cc1ccc(C)c2ccccc12.Cc1cccc2c1Cc1c(C)ccc(C)c1C2.Cc1cccc2c1Cc1c(C)ccc(C)c1C2. The molecule has 0 aromatic heterocycles. The van der Waals surface area contributed by atoms with Crippen molar-refractivity contribution in [3.8, 4) is 0 Å². The van der Waals surface area contributed by atoms with E-state index < -0.39 is 0 Å². The van der Waals surface area contributed by atoms with Crippen LogP contribution in [0.1, 0.15) is 231 Å². The molecule has 0 spiro atoms. The van der Waals surface area contributed by atoms with Crippen molar-refractivity contribution < 1.29 is 0 Å². The molecule has 0 nitrogen and oxygen atoms in total. The Hall–Kier alpha value is -7.54. The summed E-state index contributed by atoms with van der Waals surface area (Å²) < 4.78 is 0. The highest BCUT2D eigenvalue weighted by Gasteiger charge is 2.23. The minimum atomic E-state index is 1.11. The molecule has 0 saturated carbocycles. The van der Waals surface area contributed by atoms with Gasteiger partial charge < -0.3 is 0 Å². The first-order valence-corrected chi connectivity index (χ1v) is 34.1. The lowest BCUT2D eigenvalue weighted by Crippen LogP contribution is -2.11. The molecule has 0 aliphatic heterocycles. The van der Waals surface area contributed by atoms with Crippen LogP contribution in [0.15, 0.2) is 164 Å². The molecule has 0 bridgehead atoms. The lowest BCUT2D eigenvalue weighted by atomic mass is 9.80. The van der Waals surface area contributed by atoms with E-state index in [0.29, 0.717) is 0 Å². The molecule has 10 aromatic carbocycles. The van der Waals surface area contributed by atoms with E-state index in [1.807, 2.05) is 69.2 Å². The minimum absolute atomic E-state index is 1.11. The van der Waals surface area contributed by atoms with Crippen LogP contribution in [0, 0.1) is 90.0 Å². The van der Waals surface area contributed by atoms with Crippen molar-refractivity contribution in [2.45, 2.75) is 211 Å². The topological polar surface area (TPSA) is 0 Å². The number of fused-ring (bicyclic) bond motifs is 9. The van der Waals surface area contributed by atoms with Gasteiger partial charge in [-0.2, -0.15) is 0 Å². The molecule has 468 valence electrons. The fraction of sp³-hybridized carbons (Fsp3) is 0.348. The molecule has 0 unspecified atom stereocenters. The van der Waals surface area contributed by atoms with Crippen LogP contribution in [0.3, 0.4) is 0 Å². The third-order valence-corrected chi connectivity index (χ3v) is 18.5. The number of aryl methyl sites for hydroxylation is 12. The lowest BCUT2D eigenvalue weighted by molar-refractivity contribution is 0.959. The minimum Gasteiger partial charge on any atom is -0.0683 e. The first-order valence-electron chi connectivity index (χ1n) is 34.1. The van der Waals surface area contributed by atoms with Gasteiger partial charge in [-0.05, 0) is 313 Å². The van der Waals surface area contributed by atoms with Crippen molar-refractivity contribution >= 4 is 10.8 Å². The van der Waals surface area contributed by atoms with Crippen LogP contribution < -0.4 is 0 Å². The van der Waals surface area contributed by atoms with Gasteiger partial charge in [0.2, 0.25) is 0 Å². The van der Waals surface area contributed by atoms with E-state index in [9.17, 15) is 0 Å². The maximum Gasteiger partial charge on any atom is -0.00147 e. The van der Waals surface area contributed by atoms with Crippen LogP contribution >= 0.6 is 0 Å². The normalized spacial score (nSPS) is 11.6. The molecular formula is C89H112. The molecule has 0 N–H and O–H groups in total. The van der Waals surface area contributed by atoms with Crippen molar-refractivity contribution in [3.05, 3.63) is 325 Å². The van der Waals surface area contributed by atoms with Crippen LogP contribution in [0.5, 0.6) is 0 Å². The molecule has 0 heteroatoms. The van der Waals surface area contributed by atoms with Crippen molar-refractivity contribution in [1.29, 1.82) is 0 Å². The van der Waals surface area contributed by atoms with E-state index in [-0.39, 0.29) is 0 Å². The highest BCUT2D eigenvalue weighted by atomic mass is 14.3. The Bertz CT molecular complexity index is 3730. The molecule has 0 atom stereocenters. The standard InChI is InChI=1S/3C17H18.C16H16.C12H12.5C2H6/c2*1-11-5-4-6-14-9-16-12(2)7-8-13(3)17(16)10-15(11)14;1-11-8-12(2)16-9-14-6-4-5-7-15(14)10-17(16)13(11)3;1-11-7-8-12(2)16-10-14-6-4-3-5-13(14)9-15(11)16;1-9-7-8-10(2)12-6-4-3-5-11(9)12;5*1-2/h3*4-8H,9-10H2,1-3H3;3-8H,9-10H2,1-2H3;3-8H,1-2H3;5*1-2H3. The predicted octanol–water partition coefficient (Wildman–Crippen LogP) is 24.7. The zero-order valence-electron chi connectivity index (χ0n) is 59.7. The maximum absolute atomic E-state index is 2.34. The van der Waals surface area contributed by atoms with Gasteiger partial charge in [0.15, 0.2) is 0 Å². The Morgan fingerprint density at radius 2 is 0.393 bits per heavy atom. The first kappa shape index (κ1) is 72.2. The van der Waals surface area contributed by atoms with Gasteiger partial charge in [0, 0.05) is 0 Å². The molecule has 0 amide bonds. The summed E-state index contributed by atoms with van der Waals surface area (Å²) in [6.07, 6.45) is 8.89. The van der Waals surface area contributed by atoms with Crippen LogP contribution in [0.25, 0.3) is 10.8 Å². The highest BCUT2D eigenvalue weighted by Crippen LogP contribution is 2.36. The summed E-state index contributed by atoms with van der Waals surface area (Å²) in [5.41, 5.74) is 43.3. The molecule has 0 radical (unpaired) electrons. The van der Waals surface area contributed by atoms with Gasteiger partial charge in [-0.3, -0.25) is 0 Å². The van der Waals surface area contributed by atoms with Crippen LogP contribution in [0.2, 0.25) is 0 Å². The summed E-state index contributed by atoms with van der Waals surface area (Å²) in [5, 5.41) is 2.75. The number of hydrogen-bond acceptors (Lipinski definition) is 0. The molecule has 4 aliphatic rings. The zero-order chi connectivity index (χ0) is 65.6. The van der Waals surface area contributed by atoms with Gasteiger partial charge >= 0.3 is 0 Å². The van der Waals surface area contributed by atoms with E-state index in [1.54, 1.807) is 55.6 Å². The summed E-state index contributed by atoms with van der Waals surface area (Å²) in [5.74, 6) is 0. The Morgan fingerprint density at radius 3 is 0.708 bits per heavy atom. The monoisotopic (exact) mass is 1180 g/mol. The van der Waals surface area contributed by atoms with Gasteiger partial charge in [-0.25, -0.2) is 0 Å². The van der Waals surface area contributed by atoms with E-state index in [0.717, 1.165) is 51.4 Å². The zero-order valence-corrected chi connectivity index (χ0v) is 59.7. The molecule has 14 rings (SSSR count). The van der Waals surface area contributed by atoms with Crippen molar-refractivity contribution in [1.82, 2.24) is 0 Å². The largest absolute Gasteiger partial charge is 0.0683 e. The van der Waals surface area contributed by atoms with Crippen molar-refractivity contribution in [2.24, 2.45) is 0 Å². The molecule has 10 aromatic rings. The number of rotatable bonds is 0. The number of hydrogen-bond donors (Lipinski definition) is 0. The number of benzene rings is 10. The molecule has 0 fully saturated rings. The second-order valence-electron chi connectivity index (χ2n) is 23.7. The summed E-state index contributed by atoms with van der Waals surface area (Å²) in [6, 6.07) is 59.9. The van der Waals surface area contributed by atoms with E-state index in [1.165, 1.54) is 116 Å². The second-order valence-corrected chi connectivity index (χ2v) is 23.7. The molecule has 4 aliphatic carbocycles. The van der Waals surface area contributed by atoms with Gasteiger partial charge in [-0.1, -0.05) is 233 Å². The predicted molar refractivity (Wildman–Crippen MR) is 396 cm³/mol. The Kier molecular flexibility index (Phi) is 28.4. The van der Waals surface area contributed by atoms with Crippen LogP contribution in [0.4, 0.5) is 0 Å². The first-order chi connectivity index (χ1) is 43.0.